The first-order valence-electron chi connectivity index (χ1n) is 21.1. The minimum Gasteiger partial charge on any atom is -0.389 e. The molecule has 1 aromatic rings. The monoisotopic (exact) mass is 734 g/mol. The number of aliphatic hydroxyl groups is 2. The minimum absolute atomic E-state index is 0.00872. The van der Waals surface area contributed by atoms with Crippen molar-refractivity contribution >= 4 is 0 Å². The van der Waals surface area contributed by atoms with Crippen molar-refractivity contribution in [1.82, 2.24) is 0 Å². The minimum atomic E-state index is -0.927. The highest BCUT2D eigenvalue weighted by molar-refractivity contribution is 5.36. The second-order valence-corrected chi connectivity index (χ2v) is 20.9. The van der Waals surface area contributed by atoms with Gasteiger partial charge in [0.05, 0.1) is 44.2 Å². The normalized spacial score (nSPS) is 46.3. The highest BCUT2D eigenvalue weighted by Crippen LogP contribution is 2.81. The predicted molar refractivity (Wildman–Crippen MR) is 201 cm³/mol. The molecule has 8 nitrogen and oxygen atoms in total. The molecule has 0 bridgehead atoms. The number of hydrogen-bond acceptors (Lipinski definition) is 8. The van der Waals surface area contributed by atoms with Gasteiger partial charge < -0.3 is 38.6 Å². The smallest absolute Gasteiger partial charge is 0.191 e. The van der Waals surface area contributed by atoms with E-state index in [-0.39, 0.29) is 33.9 Å². The highest BCUT2D eigenvalue weighted by Gasteiger charge is 2.80. The number of benzene rings is 1. The van der Waals surface area contributed by atoms with Crippen molar-refractivity contribution < 1.29 is 38.6 Å². The Morgan fingerprint density at radius 2 is 1.49 bits per heavy atom. The molecule has 1 aromatic carbocycles. The molecule has 3 heterocycles. The van der Waals surface area contributed by atoms with Gasteiger partial charge in [0.2, 0.25) is 0 Å². The van der Waals surface area contributed by atoms with Crippen LogP contribution >= 0.6 is 0 Å². The van der Waals surface area contributed by atoms with Crippen molar-refractivity contribution in [2.45, 2.75) is 147 Å². The zero-order chi connectivity index (χ0) is 37.1. The first-order chi connectivity index (χ1) is 25.0. The van der Waals surface area contributed by atoms with Gasteiger partial charge in [-0.15, -0.1) is 0 Å². The number of ether oxygens (including phenoxy) is 6. The quantitative estimate of drug-likeness (QED) is 0.284. The van der Waals surface area contributed by atoms with Gasteiger partial charge in [0.1, 0.15) is 0 Å². The summed E-state index contributed by atoms with van der Waals surface area (Å²) in [5.74, 6) is 0.220. The van der Waals surface area contributed by atoms with Gasteiger partial charge >= 0.3 is 0 Å². The first kappa shape index (κ1) is 37.2. The van der Waals surface area contributed by atoms with Crippen molar-refractivity contribution in [2.75, 3.05) is 39.6 Å². The maximum absolute atomic E-state index is 13.0. The molecule has 3 saturated heterocycles. The SMILES string of the molecule is CC1(C)COC2(CC3C[C@@]34[C@@H]3[C@@H](CC[C@@]4(O)C2)[C@@H]2CC[C@@](O)(/C=C\COC4CCCCO4)[C@@]2(C)C[C@@H]3c2ccc(C3(C)OCC(C)(C)CO3)cc2)OC1. The van der Waals surface area contributed by atoms with Gasteiger partial charge in [-0.25, -0.2) is 0 Å². The molecule has 53 heavy (non-hydrogen) atoms. The Balaban J connectivity index is 1.04. The van der Waals surface area contributed by atoms with E-state index in [0.29, 0.717) is 63.1 Å². The molecular formula is C45H66O8. The largest absolute Gasteiger partial charge is 0.389 e. The van der Waals surface area contributed by atoms with E-state index < -0.39 is 22.8 Å². The van der Waals surface area contributed by atoms with Crippen LogP contribution in [-0.2, 0) is 34.2 Å². The van der Waals surface area contributed by atoms with Gasteiger partial charge in [0.25, 0.3) is 0 Å². The summed E-state index contributed by atoms with van der Waals surface area (Å²) in [4.78, 5) is 0. The summed E-state index contributed by atoms with van der Waals surface area (Å²) in [6, 6.07) is 9.03. The molecule has 3 aliphatic heterocycles. The number of rotatable bonds is 6. The Hall–Kier alpha value is -1.36. The average molecular weight is 735 g/mol. The maximum Gasteiger partial charge on any atom is 0.191 e. The Kier molecular flexibility index (Phi) is 8.83. The zero-order valence-electron chi connectivity index (χ0n) is 33.3. The molecule has 294 valence electrons. The summed E-state index contributed by atoms with van der Waals surface area (Å²) >= 11 is 0. The highest BCUT2D eigenvalue weighted by atomic mass is 16.7. The molecule has 2 unspecified atom stereocenters. The first-order valence-corrected chi connectivity index (χ1v) is 21.1. The molecule has 9 rings (SSSR count). The van der Waals surface area contributed by atoms with Crippen LogP contribution in [0, 0.1) is 45.3 Å². The van der Waals surface area contributed by atoms with Crippen LogP contribution in [-0.4, -0.2) is 73.1 Å². The Morgan fingerprint density at radius 3 is 2.17 bits per heavy atom. The van der Waals surface area contributed by atoms with E-state index in [1.807, 2.05) is 6.92 Å². The second kappa shape index (κ2) is 12.6. The average Bonchev–Trinajstić information content (AvgIpc) is 3.79. The lowest BCUT2D eigenvalue weighted by molar-refractivity contribution is -0.343. The third-order valence-electron chi connectivity index (χ3n) is 16.0. The lowest BCUT2D eigenvalue weighted by Gasteiger charge is -2.64. The van der Waals surface area contributed by atoms with Crippen molar-refractivity contribution in [3.05, 3.63) is 47.5 Å². The van der Waals surface area contributed by atoms with Gasteiger partial charge in [0.15, 0.2) is 17.9 Å². The molecule has 0 amide bonds. The van der Waals surface area contributed by atoms with Crippen LogP contribution in [0.4, 0.5) is 0 Å². The van der Waals surface area contributed by atoms with Gasteiger partial charge in [-0.1, -0.05) is 71.0 Å². The Morgan fingerprint density at radius 1 is 0.792 bits per heavy atom. The van der Waals surface area contributed by atoms with Crippen LogP contribution in [0.25, 0.3) is 0 Å². The third-order valence-corrected chi connectivity index (χ3v) is 16.0. The van der Waals surface area contributed by atoms with Crippen LogP contribution in [0.3, 0.4) is 0 Å². The summed E-state index contributed by atoms with van der Waals surface area (Å²) in [5, 5.41) is 25.7. The van der Waals surface area contributed by atoms with Crippen molar-refractivity contribution in [2.24, 2.45) is 45.3 Å². The van der Waals surface area contributed by atoms with E-state index in [0.717, 1.165) is 76.4 Å². The van der Waals surface area contributed by atoms with Crippen LogP contribution in [0.1, 0.15) is 129 Å². The maximum atomic E-state index is 13.0. The lowest BCUT2D eigenvalue weighted by Crippen LogP contribution is -2.65. The third kappa shape index (κ3) is 5.97. The molecule has 8 aliphatic rings. The predicted octanol–water partition coefficient (Wildman–Crippen LogP) is 7.99. The molecule has 5 aliphatic carbocycles. The molecule has 0 aromatic heterocycles. The van der Waals surface area contributed by atoms with Crippen molar-refractivity contribution in [3.63, 3.8) is 0 Å². The van der Waals surface area contributed by atoms with E-state index >= 15 is 0 Å². The summed E-state index contributed by atoms with van der Waals surface area (Å²) in [6.45, 7) is 17.0. The molecular weight excluding hydrogens is 668 g/mol. The summed E-state index contributed by atoms with van der Waals surface area (Å²) in [7, 11) is 0. The van der Waals surface area contributed by atoms with Crippen LogP contribution in [0.15, 0.2) is 36.4 Å². The molecule has 8 heteroatoms. The fraction of sp³-hybridized carbons (Fsp3) is 0.822. The van der Waals surface area contributed by atoms with Gasteiger partial charge in [-0.2, -0.15) is 0 Å². The standard InChI is InChI=1S/C45H66O8/c1-38(2)26-50-41(6,51-27-38)31-13-11-30(12-14-31)34-24-40(5)35(16-19-42(40,46)17-9-21-49-36-10-7-8-20-48-36)33-15-18-43(47)25-44(52-28-39(3,4)29-53-44)22-32-23-45(32,43)37(33)34/h9,11-14,17,32-37,46-47H,7-8,10,15-16,18-29H2,1-6H3/b17-9-/t32?,33-,34+,35-,36?,37+,40-,42-,43+,45-/m0/s1. The lowest BCUT2D eigenvalue weighted by atomic mass is 9.43. The topological polar surface area (TPSA) is 95.8 Å². The molecule has 10 atom stereocenters. The molecule has 2 spiro atoms. The summed E-state index contributed by atoms with van der Waals surface area (Å²) in [6.07, 6.45) is 14.0. The van der Waals surface area contributed by atoms with Crippen LogP contribution in [0.5, 0.6) is 0 Å². The van der Waals surface area contributed by atoms with Gasteiger partial charge in [0, 0.05) is 46.7 Å². The van der Waals surface area contributed by atoms with Gasteiger partial charge in [-0.3, -0.25) is 0 Å². The van der Waals surface area contributed by atoms with Crippen molar-refractivity contribution in [3.8, 4) is 0 Å². The summed E-state index contributed by atoms with van der Waals surface area (Å²) in [5.41, 5.74) is 0.0806. The van der Waals surface area contributed by atoms with Gasteiger partial charge in [-0.05, 0) is 99.9 Å². The molecule has 8 fully saturated rings. The zero-order valence-corrected chi connectivity index (χ0v) is 33.3. The van der Waals surface area contributed by atoms with E-state index in [9.17, 15) is 10.2 Å². The van der Waals surface area contributed by atoms with E-state index in [1.54, 1.807) is 0 Å². The number of fused-ring (bicyclic) bond motifs is 3. The summed E-state index contributed by atoms with van der Waals surface area (Å²) < 4.78 is 37.8. The fourth-order valence-corrected chi connectivity index (χ4v) is 13.0. The van der Waals surface area contributed by atoms with Crippen LogP contribution in [0.2, 0.25) is 0 Å². The van der Waals surface area contributed by atoms with E-state index in [2.05, 4.69) is 71.0 Å². The molecule has 5 saturated carbocycles. The Labute approximate surface area is 317 Å². The molecule has 2 N–H and O–H groups in total. The van der Waals surface area contributed by atoms with Crippen LogP contribution < -0.4 is 0 Å². The Bertz CT molecular complexity index is 1540. The van der Waals surface area contributed by atoms with E-state index in [4.69, 9.17) is 28.4 Å². The van der Waals surface area contributed by atoms with E-state index in [1.165, 1.54) is 5.56 Å². The molecule has 0 radical (unpaired) electrons. The second-order valence-electron chi connectivity index (χ2n) is 20.9. The fourth-order valence-electron chi connectivity index (χ4n) is 13.0. The number of hydrogen-bond donors (Lipinski definition) is 2. The van der Waals surface area contributed by atoms with Crippen molar-refractivity contribution in [1.29, 1.82) is 0 Å².